The van der Waals surface area contributed by atoms with E-state index in [-0.39, 0.29) is 11.8 Å². The highest BCUT2D eigenvalue weighted by molar-refractivity contribution is 5.94. The van der Waals surface area contributed by atoms with E-state index in [1.54, 1.807) is 12.1 Å². The largest absolute Gasteiger partial charge is 0.388 e. The van der Waals surface area contributed by atoms with Gasteiger partial charge in [-0.1, -0.05) is 0 Å². The van der Waals surface area contributed by atoms with Gasteiger partial charge in [-0.2, -0.15) is 0 Å². The third-order valence-corrected chi connectivity index (χ3v) is 2.57. The molecule has 0 fully saturated rings. The van der Waals surface area contributed by atoms with Crippen LogP contribution in [0.15, 0.2) is 24.3 Å². The molecule has 0 heterocycles. The average molecular weight is 249 g/mol. The molecule has 1 rings (SSSR count). The van der Waals surface area contributed by atoms with Gasteiger partial charge in [0, 0.05) is 31.3 Å². The van der Waals surface area contributed by atoms with Gasteiger partial charge in [0.05, 0.1) is 0 Å². The Hall–Kier alpha value is -2.04. The van der Waals surface area contributed by atoms with E-state index in [9.17, 15) is 9.59 Å². The van der Waals surface area contributed by atoms with Crippen LogP contribution in [0.4, 0.5) is 5.69 Å². The highest BCUT2D eigenvalue weighted by Gasteiger charge is 2.04. The molecule has 0 spiro atoms. The number of hydrogen-bond acceptors (Lipinski definition) is 3. The monoisotopic (exact) mass is 249 g/mol. The topological polar surface area (TPSA) is 84.2 Å². The van der Waals surface area contributed by atoms with Gasteiger partial charge in [-0.15, -0.1) is 0 Å². The summed E-state index contributed by atoms with van der Waals surface area (Å²) >= 11 is 0. The number of nitrogens with two attached hydrogens (primary N) is 1. The second-order valence-corrected chi connectivity index (χ2v) is 4.01. The number of rotatable bonds is 7. The lowest BCUT2D eigenvalue weighted by atomic mass is 10.2. The van der Waals surface area contributed by atoms with Crippen LogP contribution < -0.4 is 16.4 Å². The summed E-state index contributed by atoms with van der Waals surface area (Å²) in [5.41, 5.74) is 6.62. The quantitative estimate of drug-likeness (QED) is 0.633. The maximum absolute atomic E-state index is 11.7. The molecule has 4 N–H and O–H groups in total. The summed E-state index contributed by atoms with van der Waals surface area (Å²) in [6.07, 6.45) is 1.82. The molecule has 0 unspecified atom stereocenters. The van der Waals surface area contributed by atoms with Crippen LogP contribution >= 0.6 is 0 Å². The summed E-state index contributed by atoms with van der Waals surface area (Å²) in [5, 5.41) is 5.79. The van der Waals surface area contributed by atoms with Gasteiger partial charge in [0.25, 0.3) is 5.91 Å². The predicted octanol–water partition coefficient (Wildman–Crippen LogP) is 1.11. The van der Waals surface area contributed by atoms with Crippen LogP contribution in [0.2, 0.25) is 0 Å². The molecule has 98 valence electrons. The first kappa shape index (κ1) is 14.0. The number of carbonyl (C=O) groups is 2. The number of primary amides is 1. The summed E-state index contributed by atoms with van der Waals surface area (Å²) in [5.74, 6) is -0.402. The van der Waals surface area contributed by atoms with Crippen molar-refractivity contribution in [3.63, 3.8) is 0 Å². The molecule has 0 saturated carbocycles. The van der Waals surface area contributed by atoms with Crippen molar-refractivity contribution in [3.05, 3.63) is 29.8 Å². The molecule has 1 aromatic rings. The van der Waals surface area contributed by atoms with Gasteiger partial charge < -0.3 is 16.4 Å². The van der Waals surface area contributed by atoms with Crippen molar-refractivity contribution in [3.8, 4) is 0 Å². The van der Waals surface area contributed by atoms with E-state index < -0.39 is 0 Å². The number of hydrogen-bond donors (Lipinski definition) is 3. The van der Waals surface area contributed by atoms with Crippen LogP contribution in [-0.4, -0.2) is 25.4 Å². The van der Waals surface area contributed by atoms with Crippen molar-refractivity contribution < 1.29 is 9.59 Å². The molecule has 0 aliphatic rings. The van der Waals surface area contributed by atoms with Crippen LogP contribution in [0.25, 0.3) is 0 Å². The smallest absolute Gasteiger partial charge is 0.251 e. The minimum Gasteiger partial charge on any atom is -0.388 e. The van der Waals surface area contributed by atoms with Gasteiger partial charge in [0.2, 0.25) is 5.91 Å². The molecule has 0 atom stereocenters. The highest BCUT2D eigenvalue weighted by atomic mass is 16.2. The first-order valence-electron chi connectivity index (χ1n) is 5.98. The van der Waals surface area contributed by atoms with Gasteiger partial charge in [-0.25, -0.2) is 0 Å². The first-order chi connectivity index (χ1) is 8.63. The molecule has 0 aliphatic heterocycles. The standard InChI is InChI=1S/C13H19N3O2/c1-15-11-7-5-10(6-8-11)13(18)16-9-3-2-4-12(14)17/h5-8,15H,2-4,9H2,1H3,(H2,14,17)(H,16,18). The van der Waals surface area contributed by atoms with E-state index >= 15 is 0 Å². The first-order valence-corrected chi connectivity index (χ1v) is 5.98. The molecular weight excluding hydrogens is 230 g/mol. The molecule has 5 heteroatoms. The molecule has 2 amide bonds. The maximum atomic E-state index is 11.7. The molecule has 5 nitrogen and oxygen atoms in total. The fourth-order valence-electron chi connectivity index (χ4n) is 1.52. The number of anilines is 1. The van der Waals surface area contributed by atoms with Crippen LogP contribution in [0.5, 0.6) is 0 Å². The van der Waals surface area contributed by atoms with Crippen LogP contribution in [0.3, 0.4) is 0 Å². The van der Waals surface area contributed by atoms with Gasteiger partial charge >= 0.3 is 0 Å². The van der Waals surface area contributed by atoms with Gasteiger partial charge in [-0.05, 0) is 37.1 Å². The zero-order valence-corrected chi connectivity index (χ0v) is 10.5. The van der Waals surface area contributed by atoms with Gasteiger partial charge in [0.15, 0.2) is 0 Å². The number of carbonyl (C=O) groups excluding carboxylic acids is 2. The zero-order valence-electron chi connectivity index (χ0n) is 10.5. The van der Waals surface area contributed by atoms with Crippen LogP contribution in [0, 0.1) is 0 Å². The Kier molecular flexibility index (Phi) is 5.70. The Morgan fingerprint density at radius 2 is 1.83 bits per heavy atom. The molecule has 1 aromatic carbocycles. The Labute approximate surface area is 107 Å². The number of amides is 2. The summed E-state index contributed by atoms with van der Waals surface area (Å²) in [4.78, 5) is 22.2. The Bertz CT molecular complexity index is 401. The fourth-order valence-corrected chi connectivity index (χ4v) is 1.52. The van der Waals surface area contributed by atoms with E-state index in [2.05, 4.69) is 10.6 Å². The van der Waals surface area contributed by atoms with E-state index in [4.69, 9.17) is 5.73 Å². The minimum absolute atomic E-state index is 0.100. The second-order valence-electron chi connectivity index (χ2n) is 4.01. The molecule has 18 heavy (non-hydrogen) atoms. The van der Waals surface area contributed by atoms with Crippen molar-refractivity contribution in [2.75, 3.05) is 18.9 Å². The second kappa shape index (κ2) is 7.32. The van der Waals surface area contributed by atoms with Crippen LogP contribution in [0.1, 0.15) is 29.6 Å². The highest BCUT2D eigenvalue weighted by Crippen LogP contribution is 2.08. The fraction of sp³-hybridized carbons (Fsp3) is 0.385. The molecule has 0 aliphatic carbocycles. The Morgan fingerprint density at radius 1 is 1.17 bits per heavy atom. The van der Waals surface area contributed by atoms with E-state index in [1.165, 1.54) is 0 Å². The molecule has 0 radical (unpaired) electrons. The maximum Gasteiger partial charge on any atom is 0.251 e. The summed E-state index contributed by atoms with van der Waals surface area (Å²) in [6.45, 7) is 0.555. The van der Waals surface area contributed by atoms with Crippen molar-refractivity contribution in [2.45, 2.75) is 19.3 Å². The number of benzene rings is 1. The Morgan fingerprint density at radius 3 is 2.39 bits per heavy atom. The van der Waals surface area contributed by atoms with Crippen LogP contribution in [-0.2, 0) is 4.79 Å². The summed E-state index contributed by atoms with van der Waals surface area (Å²) in [7, 11) is 1.83. The van der Waals surface area contributed by atoms with E-state index in [1.807, 2.05) is 19.2 Å². The Balaban J connectivity index is 2.29. The molecular formula is C13H19N3O2. The molecule has 0 saturated heterocycles. The number of nitrogens with one attached hydrogen (secondary N) is 2. The summed E-state index contributed by atoms with van der Waals surface area (Å²) in [6, 6.07) is 7.24. The lowest BCUT2D eigenvalue weighted by molar-refractivity contribution is -0.118. The SMILES string of the molecule is CNc1ccc(C(=O)NCCCCC(N)=O)cc1. The predicted molar refractivity (Wildman–Crippen MR) is 71.4 cm³/mol. The van der Waals surface area contributed by atoms with Crippen molar-refractivity contribution in [2.24, 2.45) is 5.73 Å². The molecule has 0 aromatic heterocycles. The lowest BCUT2D eigenvalue weighted by Crippen LogP contribution is -2.24. The van der Waals surface area contributed by atoms with E-state index in [0.29, 0.717) is 24.9 Å². The minimum atomic E-state index is -0.302. The third kappa shape index (κ3) is 4.86. The average Bonchev–Trinajstić information content (AvgIpc) is 2.38. The summed E-state index contributed by atoms with van der Waals surface area (Å²) < 4.78 is 0. The number of unbranched alkanes of at least 4 members (excludes halogenated alkanes) is 1. The van der Waals surface area contributed by atoms with Crippen molar-refractivity contribution in [1.29, 1.82) is 0 Å². The third-order valence-electron chi connectivity index (χ3n) is 2.57. The normalized spacial score (nSPS) is 9.83. The van der Waals surface area contributed by atoms with Gasteiger partial charge in [-0.3, -0.25) is 9.59 Å². The van der Waals surface area contributed by atoms with Crippen molar-refractivity contribution >= 4 is 17.5 Å². The van der Waals surface area contributed by atoms with Gasteiger partial charge in [0.1, 0.15) is 0 Å². The van der Waals surface area contributed by atoms with Crippen molar-refractivity contribution in [1.82, 2.24) is 5.32 Å². The molecule has 0 bridgehead atoms. The lowest BCUT2D eigenvalue weighted by Gasteiger charge is -2.05. The van der Waals surface area contributed by atoms with E-state index in [0.717, 1.165) is 12.1 Å². The zero-order chi connectivity index (χ0) is 13.4.